The van der Waals surface area contributed by atoms with Crippen LogP contribution in [0.25, 0.3) is 0 Å². The van der Waals surface area contributed by atoms with Gasteiger partial charge in [-0.1, -0.05) is 0 Å². The van der Waals surface area contributed by atoms with Crippen LogP contribution in [0.15, 0.2) is 33.5 Å². The molecule has 1 N–H and O–H groups in total. The van der Waals surface area contributed by atoms with Gasteiger partial charge in [0.1, 0.15) is 24.5 Å². The van der Waals surface area contributed by atoms with E-state index < -0.39 is 11.5 Å². The molecule has 7 heteroatoms. The minimum absolute atomic E-state index is 0.0145. The lowest BCUT2D eigenvalue weighted by atomic mass is 9.95. The second-order valence-electron chi connectivity index (χ2n) is 6.69. The van der Waals surface area contributed by atoms with Crippen LogP contribution in [0.1, 0.15) is 40.4 Å². The van der Waals surface area contributed by atoms with E-state index in [2.05, 4.69) is 5.32 Å². The van der Waals surface area contributed by atoms with E-state index >= 15 is 0 Å². The molecule has 2 aromatic rings. The van der Waals surface area contributed by atoms with Gasteiger partial charge in [0.05, 0.1) is 0 Å². The fourth-order valence-electron chi connectivity index (χ4n) is 3.40. The first-order valence-electron chi connectivity index (χ1n) is 9.05. The van der Waals surface area contributed by atoms with E-state index in [1.54, 1.807) is 31.2 Å². The van der Waals surface area contributed by atoms with E-state index in [0.717, 1.165) is 12.8 Å². The maximum atomic E-state index is 12.6. The number of carbonyl (C=O) groups excluding carboxylic acids is 1. The molecule has 142 valence electrons. The molecule has 3 heterocycles. The standard InChI is InChI=1S/C20H21NO6/c1-12-10-16(13-4-6-24-7-5-13)27-20(23)18(12)19(22)21-14-2-3-15-17(11-14)26-9-8-25-15/h2-3,10-11,13H,4-9H2,1H3,(H,21,22). The Morgan fingerprint density at radius 2 is 1.78 bits per heavy atom. The van der Waals surface area contributed by atoms with Crippen molar-refractivity contribution in [3.8, 4) is 11.5 Å². The molecule has 0 atom stereocenters. The van der Waals surface area contributed by atoms with Crippen LogP contribution in [-0.2, 0) is 4.74 Å². The molecule has 0 radical (unpaired) electrons. The maximum absolute atomic E-state index is 12.6. The number of fused-ring (bicyclic) bond motifs is 1. The third kappa shape index (κ3) is 3.68. The number of carbonyl (C=O) groups is 1. The molecule has 0 aliphatic carbocycles. The second-order valence-corrected chi connectivity index (χ2v) is 6.69. The van der Waals surface area contributed by atoms with Gasteiger partial charge in [-0.05, 0) is 43.5 Å². The van der Waals surface area contributed by atoms with E-state index in [9.17, 15) is 9.59 Å². The smallest absolute Gasteiger partial charge is 0.349 e. The van der Waals surface area contributed by atoms with Gasteiger partial charge in [-0.2, -0.15) is 0 Å². The second kappa shape index (κ2) is 7.44. The topological polar surface area (TPSA) is 87.0 Å². The van der Waals surface area contributed by atoms with Gasteiger partial charge < -0.3 is 23.9 Å². The highest BCUT2D eigenvalue weighted by molar-refractivity contribution is 6.05. The number of anilines is 1. The van der Waals surface area contributed by atoms with Crippen molar-refractivity contribution >= 4 is 11.6 Å². The summed E-state index contributed by atoms with van der Waals surface area (Å²) in [6.07, 6.45) is 1.62. The molecule has 1 fully saturated rings. The zero-order chi connectivity index (χ0) is 18.8. The predicted molar refractivity (Wildman–Crippen MR) is 97.9 cm³/mol. The van der Waals surface area contributed by atoms with Gasteiger partial charge in [0, 0.05) is 30.9 Å². The zero-order valence-electron chi connectivity index (χ0n) is 15.1. The highest BCUT2D eigenvalue weighted by Gasteiger charge is 2.23. The van der Waals surface area contributed by atoms with Crippen molar-refractivity contribution in [1.29, 1.82) is 0 Å². The quantitative estimate of drug-likeness (QED) is 0.893. The summed E-state index contributed by atoms with van der Waals surface area (Å²) in [5.41, 5.74) is 0.520. The SMILES string of the molecule is Cc1cc(C2CCOCC2)oc(=O)c1C(=O)Nc1ccc2c(c1)OCCO2. The first-order valence-corrected chi connectivity index (χ1v) is 9.05. The van der Waals surface area contributed by atoms with Crippen molar-refractivity contribution in [2.45, 2.75) is 25.7 Å². The van der Waals surface area contributed by atoms with Crippen LogP contribution in [0.4, 0.5) is 5.69 Å². The Morgan fingerprint density at radius 3 is 2.52 bits per heavy atom. The molecule has 1 saturated heterocycles. The minimum atomic E-state index is -0.619. The lowest BCUT2D eigenvalue weighted by molar-refractivity contribution is 0.0796. The molecule has 2 aliphatic heterocycles. The molecule has 4 rings (SSSR count). The molecule has 1 aromatic heterocycles. The molecular formula is C20H21NO6. The molecule has 0 saturated carbocycles. The lowest BCUT2D eigenvalue weighted by Gasteiger charge is -2.21. The van der Waals surface area contributed by atoms with Crippen molar-refractivity contribution < 1.29 is 23.4 Å². The Bertz CT molecular complexity index is 913. The molecular weight excluding hydrogens is 350 g/mol. The van der Waals surface area contributed by atoms with Gasteiger partial charge in [0.15, 0.2) is 11.5 Å². The van der Waals surface area contributed by atoms with E-state index in [1.165, 1.54) is 0 Å². The molecule has 7 nitrogen and oxygen atoms in total. The fourth-order valence-corrected chi connectivity index (χ4v) is 3.40. The summed E-state index contributed by atoms with van der Waals surface area (Å²) in [6, 6.07) is 6.91. The van der Waals surface area contributed by atoms with Crippen LogP contribution in [0.2, 0.25) is 0 Å². The first kappa shape index (κ1) is 17.6. The van der Waals surface area contributed by atoms with Gasteiger partial charge in [-0.3, -0.25) is 4.79 Å². The third-order valence-corrected chi connectivity index (χ3v) is 4.82. The van der Waals surface area contributed by atoms with Crippen molar-refractivity contribution in [2.24, 2.45) is 0 Å². The minimum Gasteiger partial charge on any atom is -0.486 e. The van der Waals surface area contributed by atoms with Gasteiger partial charge >= 0.3 is 5.63 Å². The molecule has 0 unspecified atom stereocenters. The number of aryl methyl sites for hydroxylation is 1. The van der Waals surface area contributed by atoms with Gasteiger partial charge in [0.2, 0.25) is 0 Å². The van der Waals surface area contributed by atoms with E-state index in [0.29, 0.717) is 54.9 Å². The van der Waals surface area contributed by atoms with E-state index in [4.69, 9.17) is 18.6 Å². The molecule has 27 heavy (non-hydrogen) atoms. The Morgan fingerprint density at radius 1 is 1.04 bits per heavy atom. The Hall–Kier alpha value is -2.80. The average Bonchev–Trinajstić information content (AvgIpc) is 2.68. The number of amides is 1. The highest BCUT2D eigenvalue weighted by atomic mass is 16.6. The Labute approximate surface area is 156 Å². The summed E-state index contributed by atoms with van der Waals surface area (Å²) in [4.78, 5) is 25.1. The number of rotatable bonds is 3. The van der Waals surface area contributed by atoms with Crippen molar-refractivity contribution in [2.75, 3.05) is 31.7 Å². The summed E-state index contributed by atoms with van der Waals surface area (Å²) >= 11 is 0. The average molecular weight is 371 g/mol. The monoisotopic (exact) mass is 371 g/mol. The molecule has 1 amide bonds. The van der Waals surface area contributed by atoms with Crippen LogP contribution < -0.4 is 20.4 Å². The Kier molecular flexibility index (Phi) is 4.85. The van der Waals surface area contributed by atoms with Gasteiger partial charge in [0.25, 0.3) is 5.91 Å². The fraction of sp³-hybridized carbons (Fsp3) is 0.400. The van der Waals surface area contributed by atoms with Crippen molar-refractivity contribution in [1.82, 2.24) is 0 Å². The number of hydrogen-bond acceptors (Lipinski definition) is 6. The number of nitrogens with one attached hydrogen (secondary N) is 1. The largest absolute Gasteiger partial charge is 0.486 e. The van der Waals surface area contributed by atoms with Crippen LogP contribution >= 0.6 is 0 Å². The van der Waals surface area contributed by atoms with Gasteiger partial charge in [-0.25, -0.2) is 4.79 Å². The summed E-state index contributed by atoms with van der Waals surface area (Å²) < 4.78 is 21.8. The zero-order valence-corrected chi connectivity index (χ0v) is 15.1. The van der Waals surface area contributed by atoms with Crippen LogP contribution in [0.3, 0.4) is 0 Å². The first-order chi connectivity index (χ1) is 13.1. The van der Waals surface area contributed by atoms with Crippen molar-refractivity contribution in [3.63, 3.8) is 0 Å². The summed E-state index contributed by atoms with van der Waals surface area (Å²) in [5.74, 6) is 1.47. The van der Waals surface area contributed by atoms with Crippen LogP contribution in [0, 0.1) is 6.92 Å². The van der Waals surface area contributed by atoms with Crippen molar-refractivity contribution in [3.05, 3.63) is 51.6 Å². The summed E-state index contributed by atoms with van der Waals surface area (Å²) in [5, 5.41) is 2.73. The molecule has 2 aliphatic rings. The number of benzene rings is 1. The van der Waals surface area contributed by atoms with Gasteiger partial charge in [-0.15, -0.1) is 0 Å². The van der Waals surface area contributed by atoms with Crippen LogP contribution in [0.5, 0.6) is 11.5 Å². The van der Waals surface area contributed by atoms with E-state index in [-0.39, 0.29) is 11.5 Å². The summed E-state index contributed by atoms with van der Waals surface area (Å²) in [6.45, 7) is 4.01. The highest BCUT2D eigenvalue weighted by Crippen LogP contribution is 2.33. The Balaban J connectivity index is 1.55. The van der Waals surface area contributed by atoms with Crippen LogP contribution in [-0.4, -0.2) is 32.3 Å². The number of hydrogen-bond donors (Lipinski definition) is 1. The molecule has 1 aromatic carbocycles. The lowest BCUT2D eigenvalue weighted by Crippen LogP contribution is -2.24. The normalized spacial score (nSPS) is 16.8. The molecule has 0 bridgehead atoms. The maximum Gasteiger partial charge on any atom is 0.349 e. The number of ether oxygens (including phenoxy) is 3. The molecule has 0 spiro atoms. The predicted octanol–water partition coefficient (Wildman–Crippen LogP) is 2.87. The summed E-state index contributed by atoms with van der Waals surface area (Å²) in [7, 11) is 0. The third-order valence-electron chi connectivity index (χ3n) is 4.82. The van der Waals surface area contributed by atoms with E-state index in [1.807, 2.05) is 0 Å².